The molecule has 0 fully saturated rings. The minimum Gasteiger partial charge on any atom is -0.497 e. The van der Waals surface area contributed by atoms with Crippen molar-refractivity contribution in [1.29, 1.82) is 0 Å². The van der Waals surface area contributed by atoms with Crippen LogP contribution in [0, 0.1) is 0 Å². The Bertz CT molecular complexity index is 413. The smallest absolute Gasteiger partial charge is 0.446 e. The average Bonchev–Trinajstić information content (AvgIpc) is 2.47. The number of alkyl halides is 3. The highest BCUT2D eigenvalue weighted by atomic mass is 19.4. The summed E-state index contributed by atoms with van der Waals surface area (Å²) in [5, 5.41) is 0. The van der Waals surface area contributed by atoms with Crippen molar-refractivity contribution >= 4 is 18.9 Å². The van der Waals surface area contributed by atoms with Crippen LogP contribution < -0.4 is 4.74 Å². The van der Waals surface area contributed by atoms with E-state index in [0.717, 1.165) is 12.2 Å². The van der Waals surface area contributed by atoms with Crippen LogP contribution in [0.15, 0.2) is 24.3 Å². The van der Waals surface area contributed by atoms with Gasteiger partial charge in [0, 0.05) is 6.42 Å². The molecule has 0 aromatic heterocycles. The number of halogens is 3. The lowest BCUT2D eigenvalue weighted by Crippen LogP contribution is -2.07. The fourth-order valence-corrected chi connectivity index (χ4v) is 1.11. The van der Waals surface area contributed by atoms with Crippen LogP contribution in [0.4, 0.5) is 13.2 Å². The van der Waals surface area contributed by atoms with E-state index in [2.05, 4.69) is 0 Å². The summed E-state index contributed by atoms with van der Waals surface area (Å²) in [7, 11) is 1.64. The molecule has 1 aromatic carbocycles. The third kappa shape index (κ3) is 14.0. The molecule has 0 aliphatic carbocycles. The van der Waals surface area contributed by atoms with Gasteiger partial charge in [0.25, 0.3) is 0 Å². The van der Waals surface area contributed by atoms with Crippen molar-refractivity contribution in [1.82, 2.24) is 0 Å². The molecule has 0 N–H and O–H groups in total. The van der Waals surface area contributed by atoms with Gasteiger partial charge in [-0.1, -0.05) is 12.1 Å². The van der Waals surface area contributed by atoms with E-state index < -0.39 is 12.5 Å². The number of methoxy groups -OCH3 is 1. The second kappa shape index (κ2) is 11.6. The van der Waals surface area contributed by atoms with Crippen molar-refractivity contribution in [2.45, 2.75) is 25.9 Å². The van der Waals surface area contributed by atoms with Gasteiger partial charge in [-0.3, -0.25) is 4.79 Å². The van der Waals surface area contributed by atoms with Gasteiger partial charge >= 0.3 is 6.18 Å². The van der Waals surface area contributed by atoms with Gasteiger partial charge in [-0.15, -0.1) is 0 Å². The summed E-state index contributed by atoms with van der Waals surface area (Å²) in [5.74, 6) is 1.09. The third-order valence-corrected chi connectivity index (χ3v) is 2.06. The molecule has 0 heterocycles. The molecule has 0 amide bonds. The SMILES string of the molecule is C=O.COc1ccc(CCC(C)=O)cc1.O=CC(F)(F)F. The van der Waals surface area contributed by atoms with Crippen LogP contribution in [0.5, 0.6) is 5.75 Å². The van der Waals surface area contributed by atoms with E-state index in [-0.39, 0.29) is 5.78 Å². The first-order valence-corrected chi connectivity index (χ1v) is 5.72. The summed E-state index contributed by atoms with van der Waals surface area (Å²) in [6.45, 7) is 3.61. The quantitative estimate of drug-likeness (QED) is 0.803. The van der Waals surface area contributed by atoms with Gasteiger partial charge < -0.3 is 14.3 Å². The van der Waals surface area contributed by atoms with Crippen LogP contribution in [0.1, 0.15) is 18.9 Å². The van der Waals surface area contributed by atoms with Gasteiger partial charge in [0.05, 0.1) is 7.11 Å². The molecule has 0 aliphatic rings. The van der Waals surface area contributed by atoms with Crippen LogP contribution in [0.25, 0.3) is 0 Å². The lowest BCUT2D eigenvalue weighted by atomic mass is 10.1. The largest absolute Gasteiger partial charge is 0.497 e. The molecular weight excluding hydrogens is 289 g/mol. The topological polar surface area (TPSA) is 60.4 Å². The van der Waals surface area contributed by atoms with Crippen LogP contribution >= 0.6 is 0 Å². The van der Waals surface area contributed by atoms with E-state index in [9.17, 15) is 18.0 Å². The molecule has 1 rings (SSSR count). The first-order valence-electron chi connectivity index (χ1n) is 5.72. The molecule has 0 radical (unpaired) electrons. The predicted octanol–water partition coefficient (Wildman–Crippen LogP) is 2.78. The third-order valence-electron chi connectivity index (χ3n) is 2.06. The van der Waals surface area contributed by atoms with Crippen molar-refractivity contribution in [3.8, 4) is 5.75 Å². The average molecular weight is 306 g/mol. The Balaban J connectivity index is 0. The number of carbonyl (C=O) groups excluding carboxylic acids is 3. The number of benzene rings is 1. The summed E-state index contributed by atoms with van der Waals surface area (Å²) < 4.78 is 36.3. The zero-order chi connectivity index (χ0) is 16.9. The number of ether oxygens (including phenoxy) is 1. The number of carbonyl (C=O) groups is 3. The van der Waals surface area contributed by atoms with Crippen molar-refractivity contribution in [2.24, 2.45) is 0 Å². The molecule has 118 valence electrons. The highest BCUT2D eigenvalue weighted by Crippen LogP contribution is 2.12. The van der Waals surface area contributed by atoms with Crippen molar-refractivity contribution < 1.29 is 32.3 Å². The summed E-state index contributed by atoms with van der Waals surface area (Å²) in [6.07, 6.45) is -4.27. The Morgan fingerprint density at radius 2 is 1.67 bits per heavy atom. The maximum absolute atomic E-state index is 10.7. The minimum atomic E-state index is -4.64. The zero-order valence-electron chi connectivity index (χ0n) is 11.8. The lowest BCUT2D eigenvalue weighted by molar-refractivity contribution is -0.156. The number of Topliss-reactive ketones (excluding diaryl/α,β-unsaturated/α-hetero) is 1. The Labute approximate surface area is 120 Å². The molecule has 4 nitrogen and oxygen atoms in total. The first kappa shape index (κ1) is 21.1. The zero-order valence-corrected chi connectivity index (χ0v) is 11.8. The highest BCUT2D eigenvalue weighted by Gasteiger charge is 2.24. The van der Waals surface area contributed by atoms with E-state index in [1.54, 1.807) is 14.0 Å². The first-order chi connectivity index (χ1) is 9.78. The maximum atomic E-state index is 10.7. The Kier molecular flexibility index (Phi) is 11.7. The number of hydrogen-bond acceptors (Lipinski definition) is 4. The minimum absolute atomic E-state index is 0.232. The van der Waals surface area contributed by atoms with Crippen molar-refractivity contribution in [2.75, 3.05) is 7.11 Å². The molecule has 0 bridgehead atoms. The molecule has 0 saturated carbocycles. The van der Waals surface area contributed by atoms with E-state index in [4.69, 9.17) is 14.3 Å². The molecule has 0 unspecified atom stereocenters. The Hall–Kier alpha value is -2.18. The van der Waals surface area contributed by atoms with Crippen LogP contribution in [0.3, 0.4) is 0 Å². The van der Waals surface area contributed by atoms with Gasteiger partial charge in [-0.25, -0.2) is 0 Å². The van der Waals surface area contributed by atoms with E-state index in [1.807, 2.05) is 31.1 Å². The van der Waals surface area contributed by atoms with Crippen LogP contribution in [0.2, 0.25) is 0 Å². The van der Waals surface area contributed by atoms with E-state index in [0.29, 0.717) is 6.42 Å². The molecule has 0 saturated heterocycles. The summed E-state index contributed by atoms with van der Waals surface area (Å²) >= 11 is 0. The summed E-state index contributed by atoms with van der Waals surface area (Å²) in [5.41, 5.74) is 1.18. The molecule has 21 heavy (non-hydrogen) atoms. The molecule has 0 atom stereocenters. The lowest BCUT2D eigenvalue weighted by Gasteiger charge is -2.01. The number of ketones is 1. The molecule has 0 aliphatic heterocycles. The highest BCUT2D eigenvalue weighted by molar-refractivity contribution is 5.75. The standard InChI is InChI=1S/C11H14O2.C2HF3O.CH2O/c1-9(12)3-4-10-5-7-11(13-2)8-6-10;3-2(4,5)1-6;1-2/h5-8H,3-4H2,1-2H3;1H;1H2. The van der Waals surface area contributed by atoms with E-state index >= 15 is 0 Å². The monoisotopic (exact) mass is 306 g/mol. The van der Waals surface area contributed by atoms with Crippen LogP contribution in [-0.4, -0.2) is 32.1 Å². The van der Waals surface area contributed by atoms with Gasteiger partial charge in [0.15, 0.2) is 0 Å². The van der Waals surface area contributed by atoms with Gasteiger partial charge in [0.2, 0.25) is 6.29 Å². The predicted molar refractivity (Wildman–Crippen MR) is 71.2 cm³/mol. The number of aryl methyl sites for hydroxylation is 1. The molecular formula is C14H17F3O4. The fourth-order valence-electron chi connectivity index (χ4n) is 1.11. The normalized spacial score (nSPS) is 9.38. The Morgan fingerprint density at radius 3 is 1.95 bits per heavy atom. The van der Waals surface area contributed by atoms with Crippen molar-refractivity contribution in [3.05, 3.63) is 29.8 Å². The number of aldehydes is 1. The maximum Gasteiger partial charge on any atom is 0.446 e. The fraction of sp³-hybridized carbons (Fsp3) is 0.357. The second-order valence-electron chi connectivity index (χ2n) is 3.71. The Morgan fingerprint density at radius 1 is 1.24 bits per heavy atom. The van der Waals surface area contributed by atoms with Crippen molar-refractivity contribution in [3.63, 3.8) is 0 Å². The number of rotatable bonds is 4. The molecule has 7 heteroatoms. The second-order valence-corrected chi connectivity index (χ2v) is 3.71. The van der Waals surface area contributed by atoms with E-state index in [1.165, 1.54) is 5.56 Å². The molecule has 0 spiro atoms. The molecule has 1 aromatic rings. The number of hydrogen-bond donors (Lipinski definition) is 0. The van der Waals surface area contributed by atoms with Gasteiger partial charge in [0.1, 0.15) is 18.3 Å². The van der Waals surface area contributed by atoms with Gasteiger partial charge in [-0.2, -0.15) is 13.2 Å². The van der Waals surface area contributed by atoms with Crippen LogP contribution in [-0.2, 0) is 20.8 Å². The summed E-state index contributed by atoms with van der Waals surface area (Å²) in [4.78, 5) is 27.4. The van der Waals surface area contributed by atoms with Gasteiger partial charge in [-0.05, 0) is 31.0 Å². The summed E-state index contributed by atoms with van der Waals surface area (Å²) in [6, 6.07) is 7.80.